The third-order valence-electron chi connectivity index (χ3n) is 4.62. The van der Waals surface area contributed by atoms with E-state index in [9.17, 15) is 8.78 Å². The van der Waals surface area contributed by atoms with E-state index in [1.54, 1.807) is 36.7 Å². The van der Waals surface area contributed by atoms with Crippen LogP contribution in [0.25, 0.3) is 22.5 Å². The summed E-state index contributed by atoms with van der Waals surface area (Å²) in [4.78, 5) is 8.62. The highest BCUT2D eigenvalue weighted by molar-refractivity contribution is 5.65. The second-order valence-electron chi connectivity index (χ2n) is 6.99. The molecule has 0 radical (unpaired) electrons. The highest BCUT2D eigenvalue weighted by Crippen LogP contribution is 2.27. The summed E-state index contributed by atoms with van der Waals surface area (Å²) in [5.74, 6) is -0.0230. The average molecular weight is 412 g/mol. The Morgan fingerprint density at radius 3 is 1.70 bits per heavy atom. The Kier molecular flexibility index (Phi) is 7.71. The van der Waals surface area contributed by atoms with Crippen LogP contribution in [0.2, 0.25) is 0 Å². The maximum atomic E-state index is 14.3. The number of nitrogens with zero attached hydrogens (tertiary/aromatic N) is 2. The molecule has 3 rings (SSSR count). The summed E-state index contributed by atoms with van der Waals surface area (Å²) >= 11 is 0. The third-order valence-corrected chi connectivity index (χ3v) is 4.62. The van der Waals surface area contributed by atoms with E-state index in [0.717, 1.165) is 25.7 Å². The van der Waals surface area contributed by atoms with Crippen LogP contribution in [0.3, 0.4) is 0 Å². The number of benzene rings is 2. The summed E-state index contributed by atoms with van der Waals surface area (Å²) in [6.07, 6.45) is 6.91. The van der Waals surface area contributed by atoms with Crippen LogP contribution in [0.15, 0.2) is 48.8 Å². The first-order chi connectivity index (χ1) is 14.6. The number of hydrogen-bond donors (Lipinski definition) is 0. The molecule has 6 heteroatoms. The van der Waals surface area contributed by atoms with Gasteiger partial charge in [-0.3, -0.25) is 0 Å². The molecule has 0 aliphatic heterocycles. The monoisotopic (exact) mass is 412 g/mol. The average Bonchev–Trinajstić information content (AvgIpc) is 2.76. The van der Waals surface area contributed by atoms with Gasteiger partial charge in [0.05, 0.1) is 13.2 Å². The molecule has 30 heavy (non-hydrogen) atoms. The van der Waals surface area contributed by atoms with Crippen molar-refractivity contribution < 1.29 is 18.3 Å². The van der Waals surface area contributed by atoms with Gasteiger partial charge < -0.3 is 9.47 Å². The van der Waals surface area contributed by atoms with Crippen LogP contribution in [-0.2, 0) is 0 Å². The van der Waals surface area contributed by atoms with E-state index in [1.165, 1.54) is 12.1 Å². The van der Waals surface area contributed by atoms with Crippen molar-refractivity contribution in [3.05, 3.63) is 60.4 Å². The standard InChI is InChI=1S/C24H26F2N2O2/c1-3-5-11-29-22-9-7-17(13-20(22)25)19-15-27-24(28-16-19)18-8-10-23(21(26)14-18)30-12-6-4-2/h7-10,13-16H,3-6,11-12H2,1-2H3. The van der Waals surface area contributed by atoms with Crippen LogP contribution < -0.4 is 9.47 Å². The van der Waals surface area contributed by atoms with Gasteiger partial charge in [-0.05, 0) is 48.7 Å². The molecular formula is C24H26F2N2O2. The number of hydrogen-bond acceptors (Lipinski definition) is 4. The largest absolute Gasteiger partial charge is 0.491 e. The van der Waals surface area contributed by atoms with Crippen molar-refractivity contribution in [2.75, 3.05) is 13.2 Å². The Hall–Kier alpha value is -3.02. The third kappa shape index (κ3) is 5.53. The topological polar surface area (TPSA) is 44.2 Å². The molecule has 1 aromatic heterocycles. The molecule has 0 bridgehead atoms. The first-order valence-electron chi connectivity index (χ1n) is 10.3. The molecule has 0 saturated heterocycles. The van der Waals surface area contributed by atoms with Crippen molar-refractivity contribution >= 4 is 0 Å². The summed E-state index contributed by atoms with van der Waals surface area (Å²) in [6, 6.07) is 9.46. The Labute approximate surface area is 175 Å². The smallest absolute Gasteiger partial charge is 0.165 e. The number of rotatable bonds is 10. The van der Waals surface area contributed by atoms with E-state index >= 15 is 0 Å². The Morgan fingerprint density at radius 2 is 1.20 bits per heavy atom. The molecule has 0 N–H and O–H groups in total. The van der Waals surface area contributed by atoms with Crippen LogP contribution in [0.5, 0.6) is 11.5 Å². The van der Waals surface area contributed by atoms with E-state index in [4.69, 9.17) is 9.47 Å². The molecule has 0 amide bonds. The molecule has 4 nitrogen and oxygen atoms in total. The predicted molar refractivity (Wildman–Crippen MR) is 114 cm³/mol. The SMILES string of the molecule is CCCCOc1ccc(-c2cnc(-c3ccc(OCCCC)c(F)c3)nc2)cc1F. The van der Waals surface area contributed by atoms with Crippen molar-refractivity contribution in [2.24, 2.45) is 0 Å². The van der Waals surface area contributed by atoms with Crippen molar-refractivity contribution in [3.63, 3.8) is 0 Å². The summed E-state index contributed by atoms with van der Waals surface area (Å²) in [5, 5.41) is 0. The normalized spacial score (nSPS) is 10.8. The molecule has 0 atom stereocenters. The zero-order valence-electron chi connectivity index (χ0n) is 17.3. The maximum absolute atomic E-state index is 14.3. The number of unbranched alkanes of at least 4 members (excludes halogenated alkanes) is 2. The van der Waals surface area contributed by atoms with E-state index in [1.807, 2.05) is 6.92 Å². The highest BCUT2D eigenvalue weighted by Gasteiger charge is 2.10. The summed E-state index contributed by atoms with van der Waals surface area (Å²) in [7, 11) is 0. The predicted octanol–water partition coefficient (Wildman–Crippen LogP) is 6.45. The molecule has 1 heterocycles. The van der Waals surface area contributed by atoms with Crippen molar-refractivity contribution in [3.8, 4) is 34.0 Å². The van der Waals surface area contributed by atoms with Crippen molar-refractivity contribution in [2.45, 2.75) is 39.5 Å². The minimum absolute atomic E-state index is 0.223. The second kappa shape index (κ2) is 10.7. The fraction of sp³-hybridized carbons (Fsp3) is 0.333. The number of halogens is 2. The van der Waals surface area contributed by atoms with Gasteiger partial charge in [-0.15, -0.1) is 0 Å². The van der Waals surface area contributed by atoms with Gasteiger partial charge >= 0.3 is 0 Å². The fourth-order valence-electron chi connectivity index (χ4n) is 2.83. The quantitative estimate of drug-likeness (QED) is 0.359. The molecule has 0 fully saturated rings. The lowest BCUT2D eigenvalue weighted by Crippen LogP contribution is -1.99. The minimum atomic E-state index is -0.447. The lowest BCUT2D eigenvalue weighted by atomic mass is 10.1. The molecular weight excluding hydrogens is 386 g/mol. The van der Waals surface area contributed by atoms with Crippen LogP contribution in [0.1, 0.15) is 39.5 Å². The van der Waals surface area contributed by atoms with Gasteiger partial charge in [0, 0.05) is 23.5 Å². The lowest BCUT2D eigenvalue weighted by Gasteiger charge is -2.09. The molecule has 0 aliphatic rings. The van der Waals surface area contributed by atoms with E-state index in [-0.39, 0.29) is 11.5 Å². The van der Waals surface area contributed by atoms with Crippen LogP contribution in [0, 0.1) is 11.6 Å². The highest BCUT2D eigenvalue weighted by atomic mass is 19.1. The van der Waals surface area contributed by atoms with Gasteiger partial charge in [0.15, 0.2) is 29.0 Å². The zero-order chi connectivity index (χ0) is 21.3. The maximum Gasteiger partial charge on any atom is 0.165 e. The Balaban J connectivity index is 1.72. The van der Waals surface area contributed by atoms with Gasteiger partial charge in [-0.25, -0.2) is 18.7 Å². The van der Waals surface area contributed by atoms with Crippen LogP contribution >= 0.6 is 0 Å². The van der Waals surface area contributed by atoms with E-state index in [2.05, 4.69) is 16.9 Å². The molecule has 2 aromatic carbocycles. The van der Waals surface area contributed by atoms with Gasteiger partial charge in [-0.1, -0.05) is 32.8 Å². The molecule has 0 unspecified atom stereocenters. The molecule has 3 aromatic rings. The second-order valence-corrected chi connectivity index (χ2v) is 6.99. The minimum Gasteiger partial charge on any atom is -0.491 e. The molecule has 0 aliphatic carbocycles. The first kappa shape index (κ1) is 21.7. The summed E-state index contributed by atoms with van der Waals surface area (Å²) in [5.41, 5.74) is 1.86. The van der Waals surface area contributed by atoms with Gasteiger partial charge in [0.2, 0.25) is 0 Å². The summed E-state index contributed by atoms with van der Waals surface area (Å²) < 4.78 is 39.4. The van der Waals surface area contributed by atoms with E-state index in [0.29, 0.717) is 35.7 Å². The number of ether oxygens (including phenoxy) is 2. The fourth-order valence-corrected chi connectivity index (χ4v) is 2.83. The molecule has 158 valence electrons. The van der Waals surface area contributed by atoms with E-state index < -0.39 is 11.6 Å². The Morgan fingerprint density at radius 1 is 0.700 bits per heavy atom. The zero-order valence-corrected chi connectivity index (χ0v) is 17.3. The molecule has 0 saturated carbocycles. The van der Waals surface area contributed by atoms with Gasteiger partial charge in [0.25, 0.3) is 0 Å². The van der Waals surface area contributed by atoms with Crippen LogP contribution in [-0.4, -0.2) is 23.2 Å². The van der Waals surface area contributed by atoms with Crippen molar-refractivity contribution in [1.82, 2.24) is 9.97 Å². The van der Waals surface area contributed by atoms with Crippen LogP contribution in [0.4, 0.5) is 8.78 Å². The van der Waals surface area contributed by atoms with Crippen molar-refractivity contribution in [1.29, 1.82) is 0 Å². The Bertz CT molecular complexity index is 883. The first-order valence-corrected chi connectivity index (χ1v) is 10.3. The molecule has 0 spiro atoms. The summed E-state index contributed by atoms with van der Waals surface area (Å²) in [6.45, 7) is 5.07. The number of aromatic nitrogens is 2. The van der Waals surface area contributed by atoms with Gasteiger partial charge in [-0.2, -0.15) is 0 Å². The lowest BCUT2D eigenvalue weighted by molar-refractivity contribution is 0.294. The van der Waals surface area contributed by atoms with Gasteiger partial charge in [0.1, 0.15) is 0 Å².